The van der Waals surface area contributed by atoms with Gasteiger partial charge >= 0.3 is 0 Å². The third-order valence-corrected chi connectivity index (χ3v) is 13.7. The van der Waals surface area contributed by atoms with Gasteiger partial charge in [-0.05, 0) is 108 Å². The van der Waals surface area contributed by atoms with E-state index in [0.29, 0.717) is 10.9 Å². The lowest BCUT2D eigenvalue weighted by Gasteiger charge is -2.33. The highest BCUT2D eigenvalue weighted by Gasteiger charge is 2.27. The first-order valence-corrected chi connectivity index (χ1v) is 23.1. The summed E-state index contributed by atoms with van der Waals surface area (Å²) in [5.74, 6) is 0.423. The van der Waals surface area contributed by atoms with Crippen molar-refractivity contribution in [2.45, 2.75) is 38.0 Å². The lowest BCUT2D eigenvalue weighted by Crippen LogP contribution is -2.16. The van der Waals surface area contributed by atoms with Crippen LogP contribution in [-0.2, 0) is 0 Å². The van der Waals surface area contributed by atoms with E-state index in [1.165, 1.54) is 24.8 Å². The van der Waals surface area contributed by atoms with Crippen LogP contribution in [0.1, 0.15) is 43.6 Å². The molecule has 0 amide bonds. The molecule has 11 aromatic rings. The molecule has 1 fully saturated rings. The van der Waals surface area contributed by atoms with E-state index in [4.69, 9.17) is 20.4 Å². The SMILES string of the molecule is Clc1c(N(c2ccccc2)c2ccccc2)cc(C2CCCCC2)cc1N(c1ccc(-c2cccc3c2oc2ccccc23)cc1)c1ccc(-c2cccc3c2oc2ccccc23)cc1. The zero-order valence-electron chi connectivity index (χ0n) is 35.8. The zero-order valence-corrected chi connectivity index (χ0v) is 36.6. The standard InChI is InChI=1S/C60H45ClN2O2/c61-58-54(62(44-18-6-2-7-19-44)45-20-8-3-9-21-45)38-43(40-16-4-1-5-17-40)39-55(58)63(46-34-30-41(31-35-46)48-24-14-26-52-50-22-10-12-28-56(50)64-59(48)52)47-36-32-42(33-37-47)49-25-15-27-53-51-23-11-13-29-57(51)65-60(49)53/h2-3,6-15,18-40H,1,4-5,16-17H2. The molecule has 0 spiro atoms. The van der Waals surface area contributed by atoms with E-state index in [1.54, 1.807) is 0 Å². The molecule has 2 heterocycles. The smallest absolute Gasteiger partial charge is 0.143 e. The minimum absolute atomic E-state index is 0.423. The Bertz CT molecular complexity index is 3280. The number of rotatable bonds is 9. The van der Waals surface area contributed by atoms with Gasteiger partial charge in [-0.2, -0.15) is 0 Å². The number of hydrogen-bond acceptors (Lipinski definition) is 4. The molecule has 5 heteroatoms. The lowest BCUT2D eigenvalue weighted by atomic mass is 9.83. The Balaban J connectivity index is 1.04. The second-order valence-corrected chi connectivity index (χ2v) is 17.6. The fourth-order valence-electron chi connectivity index (χ4n) is 10.2. The molecule has 65 heavy (non-hydrogen) atoms. The van der Waals surface area contributed by atoms with Gasteiger partial charge in [-0.15, -0.1) is 0 Å². The second kappa shape index (κ2) is 16.5. The van der Waals surface area contributed by atoms with Crippen molar-refractivity contribution in [1.29, 1.82) is 0 Å². The van der Waals surface area contributed by atoms with Gasteiger partial charge in [-0.1, -0.05) is 164 Å². The third kappa shape index (κ3) is 7.02. The van der Waals surface area contributed by atoms with Gasteiger partial charge in [0.1, 0.15) is 22.3 Å². The van der Waals surface area contributed by atoms with Crippen LogP contribution < -0.4 is 9.80 Å². The first-order chi connectivity index (χ1) is 32.2. The Kier molecular flexibility index (Phi) is 9.95. The molecule has 4 nitrogen and oxygen atoms in total. The van der Waals surface area contributed by atoms with Gasteiger partial charge in [-0.25, -0.2) is 0 Å². The van der Waals surface area contributed by atoms with Crippen LogP contribution in [0, 0.1) is 0 Å². The van der Waals surface area contributed by atoms with Crippen molar-refractivity contribution < 1.29 is 8.83 Å². The second-order valence-electron chi connectivity index (χ2n) is 17.2. The van der Waals surface area contributed by atoms with Crippen molar-refractivity contribution >= 4 is 89.6 Å². The molecule has 0 N–H and O–H groups in total. The van der Waals surface area contributed by atoms with Crippen LogP contribution in [0.25, 0.3) is 66.1 Å². The van der Waals surface area contributed by atoms with Crippen LogP contribution in [0.5, 0.6) is 0 Å². The molecule has 0 aliphatic heterocycles. The highest BCUT2D eigenvalue weighted by Crippen LogP contribution is 2.50. The monoisotopic (exact) mass is 860 g/mol. The predicted molar refractivity (Wildman–Crippen MR) is 272 cm³/mol. The average molecular weight is 861 g/mol. The number of fused-ring (bicyclic) bond motifs is 6. The van der Waals surface area contributed by atoms with Crippen LogP contribution in [0.4, 0.5) is 34.1 Å². The molecule has 9 aromatic carbocycles. The minimum atomic E-state index is 0.423. The van der Waals surface area contributed by atoms with Gasteiger partial charge in [0.15, 0.2) is 0 Å². The number of halogens is 1. The van der Waals surface area contributed by atoms with Gasteiger partial charge in [-0.3, -0.25) is 0 Å². The summed E-state index contributed by atoms with van der Waals surface area (Å²) in [5, 5.41) is 5.14. The van der Waals surface area contributed by atoms with E-state index in [9.17, 15) is 0 Å². The minimum Gasteiger partial charge on any atom is -0.455 e. The molecule has 0 bridgehead atoms. The number of para-hydroxylation sites is 6. The number of anilines is 6. The van der Waals surface area contributed by atoms with Crippen LogP contribution in [0.2, 0.25) is 5.02 Å². The number of nitrogens with zero attached hydrogens (tertiary/aromatic N) is 2. The van der Waals surface area contributed by atoms with Crippen molar-refractivity contribution in [1.82, 2.24) is 0 Å². The van der Waals surface area contributed by atoms with Crippen molar-refractivity contribution in [3.05, 3.63) is 217 Å². The van der Waals surface area contributed by atoms with Crippen LogP contribution in [-0.4, -0.2) is 0 Å². The van der Waals surface area contributed by atoms with E-state index in [2.05, 4.69) is 192 Å². The number of benzene rings is 9. The Labute approximate surface area is 383 Å². The van der Waals surface area contributed by atoms with E-state index in [-0.39, 0.29) is 0 Å². The molecule has 2 aromatic heterocycles. The van der Waals surface area contributed by atoms with Gasteiger partial charge < -0.3 is 18.6 Å². The molecule has 1 aliphatic rings. The maximum atomic E-state index is 7.96. The average Bonchev–Trinajstić information content (AvgIpc) is 3.96. The highest BCUT2D eigenvalue weighted by molar-refractivity contribution is 6.36. The third-order valence-electron chi connectivity index (χ3n) is 13.3. The molecule has 0 atom stereocenters. The van der Waals surface area contributed by atoms with Gasteiger partial charge in [0.25, 0.3) is 0 Å². The summed E-state index contributed by atoms with van der Waals surface area (Å²) in [5.41, 5.74) is 15.1. The molecule has 314 valence electrons. The number of hydrogen-bond donors (Lipinski definition) is 0. The maximum Gasteiger partial charge on any atom is 0.143 e. The fraction of sp³-hybridized carbons (Fsp3) is 0.100. The molecule has 0 unspecified atom stereocenters. The zero-order chi connectivity index (χ0) is 43.3. The Morgan fingerprint density at radius 1 is 0.385 bits per heavy atom. The Morgan fingerprint density at radius 3 is 1.25 bits per heavy atom. The van der Waals surface area contributed by atoms with Crippen molar-refractivity contribution in [2.75, 3.05) is 9.80 Å². The Morgan fingerprint density at radius 2 is 0.785 bits per heavy atom. The molecule has 12 rings (SSSR count). The van der Waals surface area contributed by atoms with E-state index >= 15 is 0 Å². The van der Waals surface area contributed by atoms with E-state index in [1.807, 2.05) is 24.3 Å². The largest absolute Gasteiger partial charge is 0.455 e. The summed E-state index contributed by atoms with van der Waals surface area (Å²) in [6, 6.07) is 73.0. The molecular formula is C60H45ClN2O2. The summed E-state index contributed by atoms with van der Waals surface area (Å²) >= 11 is 7.96. The van der Waals surface area contributed by atoms with Crippen LogP contribution >= 0.6 is 11.6 Å². The molecular weight excluding hydrogens is 816 g/mol. The summed E-state index contributed by atoms with van der Waals surface area (Å²) in [7, 11) is 0. The highest BCUT2D eigenvalue weighted by atomic mass is 35.5. The van der Waals surface area contributed by atoms with Crippen LogP contribution in [0.3, 0.4) is 0 Å². The Hall–Kier alpha value is -7.53. The number of furan rings is 2. The summed E-state index contributed by atoms with van der Waals surface area (Å²) < 4.78 is 13.0. The summed E-state index contributed by atoms with van der Waals surface area (Å²) in [4.78, 5) is 4.65. The normalized spacial score (nSPS) is 13.2. The van der Waals surface area contributed by atoms with Gasteiger partial charge in [0.05, 0.1) is 16.4 Å². The lowest BCUT2D eigenvalue weighted by molar-refractivity contribution is 0.444. The van der Waals surface area contributed by atoms with Crippen molar-refractivity contribution in [3.8, 4) is 22.3 Å². The van der Waals surface area contributed by atoms with E-state index in [0.717, 1.165) is 113 Å². The van der Waals surface area contributed by atoms with E-state index < -0.39 is 0 Å². The van der Waals surface area contributed by atoms with Crippen molar-refractivity contribution in [2.24, 2.45) is 0 Å². The molecule has 1 aliphatic carbocycles. The molecule has 0 saturated heterocycles. The van der Waals surface area contributed by atoms with Crippen molar-refractivity contribution in [3.63, 3.8) is 0 Å². The van der Waals surface area contributed by atoms with Gasteiger partial charge in [0.2, 0.25) is 0 Å². The molecule has 0 radical (unpaired) electrons. The first kappa shape index (κ1) is 39.1. The molecule has 1 saturated carbocycles. The summed E-state index contributed by atoms with van der Waals surface area (Å²) in [6.45, 7) is 0. The fourth-order valence-corrected chi connectivity index (χ4v) is 10.4. The summed E-state index contributed by atoms with van der Waals surface area (Å²) in [6.07, 6.45) is 6.03. The maximum absolute atomic E-state index is 7.96. The van der Waals surface area contributed by atoms with Gasteiger partial charge in [0, 0.05) is 55.4 Å². The topological polar surface area (TPSA) is 32.8 Å². The predicted octanol–water partition coefficient (Wildman–Crippen LogP) is 18.5. The van der Waals surface area contributed by atoms with Crippen LogP contribution in [0.15, 0.2) is 215 Å². The first-order valence-electron chi connectivity index (χ1n) is 22.7. The quantitative estimate of drug-likeness (QED) is 0.145.